The number of esters is 1. The molecule has 0 aliphatic rings. The molecule has 0 unspecified atom stereocenters. The molecule has 0 aliphatic carbocycles. The van der Waals surface area contributed by atoms with Crippen LogP contribution in [-0.4, -0.2) is 23.7 Å². The molecule has 0 amide bonds. The predicted octanol–water partition coefficient (Wildman–Crippen LogP) is 1.61. The van der Waals surface area contributed by atoms with E-state index in [2.05, 4.69) is 11.3 Å². The minimum Gasteiger partial charge on any atom is -0.478 e. The van der Waals surface area contributed by atoms with Crippen molar-refractivity contribution in [2.45, 2.75) is 27.2 Å². The van der Waals surface area contributed by atoms with Gasteiger partial charge in [0.25, 0.3) is 0 Å². The number of carboxylic acids is 1. The lowest BCUT2D eigenvalue weighted by atomic mass is 10.2. The molecule has 0 bridgehead atoms. The monoisotopic (exact) mass is 188 g/mol. The van der Waals surface area contributed by atoms with Crippen LogP contribution in [0.25, 0.3) is 0 Å². The first kappa shape index (κ1) is 14.2. The van der Waals surface area contributed by atoms with Crippen LogP contribution >= 0.6 is 0 Å². The van der Waals surface area contributed by atoms with E-state index in [1.807, 2.05) is 0 Å². The number of carbonyl (C=O) groups is 2. The lowest BCUT2D eigenvalue weighted by molar-refractivity contribution is -0.140. The Balaban J connectivity index is 0. The highest BCUT2D eigenvalue weighted by Crippen LogP contribution is 1.93. The second-order valence-electron chi connectivity index (χ2n) is 2.19. The molecule has 0 saturated carbocycles. The molecule has 0 aromatic rings. The Morgan fingerprint density at radius 2 is 1.85 bits per heavy atom. The minimum atomic E-state index is -0.900. The predicted molar refractivity (Wildman–Crippen MR) is 49.4 cm³/mol. The molecule has 0 aliphatic heterocycles. The summed E-state index contributed by atoms with van der Waals surface area (Å²) in [7, 11) is 0. The van der Waals surface area contributed by atoms with Crippen molar-refractivity contribution < 1.29 is 19.4 Å². The van der Waals surface area contributed by atoms with Crippen molar-refractivity contribution in [3.8, 4) is 0 Å². The number of aliphatic carboxylic acids is 1. The first-order chi connectivity index (χ1) is 5.95. The zero-order chi connectivity index (χ0) is 10.9. The Kier molecular flexibility index (Phi) is 9.60. The normalized spacial score (nSPS) is 7.92. The van der Waals surface area contributed by atoms with Crippen molar-refractivity contribution in [1.82, 2.24) is 0 Å². The third kappa shape index (κ3) is 13.6. The van der Waals surface area contributed by atoms with E-state index in [-0.39, 0.29) is 11.5 Å². The van der Waals surface area contributed by atoms with E-state index in [9.17, 15) is 9.59 Å². The number of hydrogen-bond donors (Lipinski definition) is 1. The lowest BCUT2D eigenvalue weighted by Crippen LogP contribution is -1.95. The second-order valence-corrected chi connectivity index (χ2v) is 2.19. The van der Waals surface area contributed by atoms with E-state index < -0.39 is 5.97 Å². The van der Waals surface area contributed by atoms with Crippen LogP contribution in [0.4, 0.5) is 0 Å². The quantitative estimate of drug-likeness (QED) is 0.539. The van der Waals surface area contributed by atoms with Gasteiger partial charge in [0.2, 0.25) is 0 Å². The third-order valence-corrected chi connectivity index (χ3v) is 1.08. The summed E-state index contributed by atoms with van der Waals surface area (Å²) in [6.45, 7) is 8.69. The summed E-state index contributed by atoms with van der Waals surface area (Å²) in [5, 5.41) is 8.08. The van der Waals surface area contributed by atoms with Crippen molar-refractivity contribution in [3.05, 3.63) is 12.2 Å². The summed E-state index contributed by atoms with van der Waals surface area (Å²) in [5.41, 5.74) is 0.264. The Morgan fingerprint density at radius 3 is 1.85 bits per heavy atom. The SMILES string of the molecule is C=C(CC)C(=O)O.CCOC(C)=O. The molecule has 0 spiro atoms. The molecule has 0 radical (unpaired) electrons. The van der Waals surface area contributed by atoms with Crippen LogP contribution in [0.2, 0.25) is 0 Å². The van der Waals surface area contributed by atoms with Gasteiger partial charge in [-0.15, -0.1) is 0 Å². The van der Waals surface area contributed by atoms with Crippen molar-refractivity contribution in [1.29, 1.82) is 0 Å². The molecule has 76 valence electrons. The highest BCUT2D eigenvalue weighted by Gasteiger charge is 1.96. The second kappa shape index (κ2) is 8.77. The van der Waals surface area contributed by atoms with Crippen molar-refractivity contribution >= 4 is 11.9 Å². The molecular weight excluding hydrogens is 172 g/mol. The van der Waals surface area contributed by atoms with Gasteiger partial charge in [0.1, 0.15) is 0 Å². The van der Waals surface area contributed by atoms with Crippen LogP contribution in [0, 0.1) is 0 Å². The molecule has 0 atom stereocenters. The Morgan fingerprint density at radius 1 is 1.38 bits per heavy atom. The number of rotatable bonds is 3. The summed E-state index contributed by atoms with van der Waals surface area (Å²) in [6.07, 6.45) is 0.523. The maximum atomic E-state index is 9.83. The van der Waals surface area contributed by atoms with Crippen molar-refractivity contribution in [3.63, 3.8) is 0 Å². The van der Waals surface area contributed by atoms with E-state index in [1.54, 1.807) is 13.8 Å². The largest absolute Gasteiger partial charge is 0.478 e. The first-order valence-electron chi connectivity index (χ1n) is 4.00. The molecule has 1 N–H and O–H groups in total. The summed E-state index contributed by atoms with van der Waals surface area (Å²) in [5.74, 6) is -1.11. The van der Waals surface area contributed by atoms with Gasteiger partial charge in [-0.1, -0.05) is 13.5 Å². The third-order valence-electron chi connectivity index (χ3n) is 1.08. The summed E-state index contributed by atoms with van der Waals surface area (Å²) < 4.78 is 4.40. The summed E-state index contributed by atoms with van der Waals surface area (Å²) in [6, 6.07) is 0. The van der Waals surface area contributed by atoms with Gasteiger partial charge in [-0.05, 0) is 13.3 Å². The van der Waals surface area contributed by atoms with E-state index in [1.165, 1.54) is 6.92 Å². The van der Waals surface area contributed by atoms with Gasteiger partial charge in [-0.3, -0.25) is 4.79 Å². The maximum Gasteiger partial charge on any atom is 0.330 e. The Bertz CT molecular complexity index is 184. The standard InChI is InChI=1S/C5H8O2.C4H8O2/c1-3-4(2)5(6)7;1-3-6-4(2)5/h2-3H2,1H3,(H,6,7);3H2,1-2H3. The fourth-order valence-electron chi connectivity index (χ4n) is 0.354. The highest BCUT2D eigenvalue weighted by atomic mass is 16.5. The average Bonchev–Trinajstić information content (AvgIpc) is 2.03. The fraction of sp³-hybridized carbons (Fsp3) is 0.556. The van der Waals surface area contributed by atoms with Crippen LogP contribution in [0.1, 0.15) is 27.2 Å². The molecule has 0 aromatic carbocycles. The van der Waals surface area contributed by atoms with E-state index in [0.29, 0.717) is 13.0 Å². The van der Waals surface area contributed by atoms with Gasteiger partial charge in [0.05, 0.1) is 6.61 Å². The summed E-state index contributed by atoms with van der Waals surface area (Å²) in [4.78, 5) is 19.7. The van der Waals surface area contributed by atoms with Crippen LogP contribution in [0.3, 0.4) is 0 Å². The van der Waals surface area contributed by atoms with E-state index in [4.69, 9.17) is 5.11 Å². The number of ether oxygens (including phenoxy) is 1. The van der Waals surface area contributed by atoms with E-state index >= 15 is 0 Å². The van der Waals surface area contributed by atoms with Gasteiger partial charge < -0.3 is 9.84 Å². The molecular formula is C9H16O4. The van der Waals surface area contributed by atoms with Crippen molar-refractivity contribution in [2.75, 3.05) is 6.61 Å². The smallest absolute Gasteiger partial charge is 0.330 e. The lowest BCUT2D eigenvalue weighted by Gasteiger charge is -1.89. The van der Waals surface area contributed by atoms with Crippen LogP contribution in [0.15, 0.2) is 12.2 Å². The highest BCUT2D eigenvalue weighted by molar-refractivity contribution is 5.85. The average molecular weight is 188 g/mol. The van der Waals surface area contributed by atoms with Gasteiger partial charge in [0, 0.05) is 12.5 Å². The molecule has 13 heavy (non-hydrogen) atoms. The van der Waals surface area contributed by atoms with Crippen LogP contribution in [0.5, 0.6) is 0 Å². The maximum absolute atomic E-state index is 9.83. The number of carboxylic acid groups (broad SMARTS) is 1. The minimum absolute atomic E-state index is 0.211. The molecule has 0 heterocycles. The topological polar surface area (TPSA) is 63.6 Å². The molecule has 0 aromatic heterocycles. The molecule has 4 nitrogen and oxygen atoms in total. The molecule has 0 fully saturated rings. The van der Waals surface area contributed by atoms with Crippen molar-refractivity contribution in [2.24, 2.45) is 0 Å². The van der Waals surface area contributed by atoms with Crippen LogP contribution < -0.4 is 0 Å². The van der Waals surface area contributed by atoms with Crippen LogP contribution in [-0.2, 0) is 14.3 Å². The molecule has 0 rings (SSSR count). The molecule has 0 saturated heterocycles. The Labute approximate surface area is 78.2 Å². The Hall–Kier alpha value is -1.32. The van der Waals surface area contributed by atoms with Gasteiger partial charge in [-0.2, -0.15) is 0 Å². The summed E-state index contributed by atoms with van der Waals surface area (Å²) >= 11 is 0. The van der Waals surface area contributed by atoms with Gasteiger partial charge in [-0.25, -0.2) is 4.79 Å². The number of hydrogen-bond acceptors (Lipinski definition) is 3. The van der Waals surface area contributed by atoms with E-state index in [0.717, 1.165) is 0 Å². The van der Waals surface area contributed by atoms with Gasteiger partial charge in [0.15, 0.2) is 0 Å². The first-order valence-corrected chi connectivity index (χ1v) is 4.00. The molecule has 4 heteroatoms. The fourth-order valence-corrected chi connectivity index (χ4v) is 0.354. The van der Waals surface area contributed by atoms with Gasteiger partial charge >= 0.3 is 11.9 Å². The zero-order valence-electron chi connectivity index (χ0n) is 8.29. The zero-order valence-corrected chi connectivity index (χ0v) is 8.29. The number of carbonyl (C=O) groups excluding carboxylic acids is 1.